The molecule has 0 aromatic rings. The summed E-state index contributed by atoms with van der Waals surface area (Å²) in [5, 5.41) is 12.0. The summed E-state index contributed by atoms with van der Waals surface area (Å²) in [4.78, 5) is 0. The summed E-state index contributed by atoms with van der Waals surface area (Å²) in [5.41, 5.74) is -0.444. The summed E-state index contributed by atoms with van der Waals surface area (Å²) in [5.74, 6) is 2.63. The first-order valence-electron chi connectivity index (χ1n) is 8.98. The van der Waals surface area contributed by atoms with Gasteiger partial charge in [0, 0.05) is 5.92 Å². The lowest BCUT2D eigenvalue weighted by molar-refractivity contribution is -0.165. The smallest absolute Gasteiger partial charge is 0.127 e. The molecule has 3 nitrogen and oxygen atoms in total. The summed E-state index contributed by atoms with van der Waals surface area (Å²) in [6, 6.07) is 0. The molecule has 0 amide bonds. The van der Waals surface area contributed by atoms with Crippen molar-refractivity contribution in [2.75, 3.05) is 0 Å². The van der Waals surface area contributed by atoms with Gasteiger partial charge in [-0.2, -0.15) is 0 Å². The molecule has 6 aliphatic rings. The average Bonchev–Trinajstić information content (AvgIpc) is 3.33. The van der Waals surface area contributed by atoms with Crippen LogP contribution in [0.2, 0.25) is 0 Å². The molecule has 6 fully saturated rings. The molecule has 2 saturated heterocycles. The van der Waals surface area contributed by atoms with Crippen LogP contribution >= 0.6 is 0 Å². The quantitative estimate of drug-likeness (QED) is 0.697. The molecule has 1 spiro atoms. The molecule has 4 saturated carbocycles. The number of rotatable bonds is 0. The minimum Gasteiger partial charge on any atom is -0.386 e. The Balaban J connectivity index is 1.54. The predicted molar refractivity (Wildman–Crippen MR) is 76.6 cm³/mol. The molecule has 0 aromatic carbocycles. The van der Waals surface area contributed by atoms with Crippen molar-refractivity contribution >= 4 is 0 Å². The zero-order valence-electron chi connectivity index (χ0n) is 13.2. The molecule has 2 aliphatic heterocycles. The first-order valence-corrected chi connectivity index (χ1v) is 8.98. The van der Waals surface area contributed by atoms with Crippen LogP contribution in [0.25, 0.3) is 0 Å². The monoisotopic (exact) mass is 290 g/mol. The van der Waals surface area contributed by atoms with E-state index in [1.807, 2.05) is 0 Å². The highest BCUT2D eigenvalue weighted by atomic mass is 16.6. The maximum Gasteiger partial charge on any atom is 0.127 e. The molecule has 10 atom stereocenters. The first kappa shape index (κ1) is 12.3. The summed E-state index contributed by atoms with van der Waals surface area (Å²) < 4.78 is 12.4. The van der Waals surface area contributed by atoms with Gasteiger partial charge in [-0.05, 0) is 54.8 Å². The van der Waals surface area contributed by atoms with Gasteiger partial charge in [-0.1, -0.05) is 20.8 Å². The lowest BCUT2D eigenvalue weighted by Gasteiger charge is -2.48. The maximum absolute atomic E-state index is 12.0. The van der Waals surface area contributed by atoms with E-state index in [1.54, 1.807) is 0 Å². The van der Waals surface area contributed by atoms with Crippen molar-refractivity contribution in [1.82, 2.24) is 0 Å². The van der Waals surface area contributed by atoms with E-state index in [2.05, 4.69) is 20.8 Å². The van der Waals surface area contributed by atoms with E-state index in [0.29, 0.717) is 47.4 Å². The van der Waals surface area contributed by atoms with Crippen LogP contribution in [0, 0.1) is 35.0 Å². The Morgan fingerprint density at radius 1 is 1.10 bits per heavy atom. The van der Waals surface area contributed by atoms with Crippen molar-refractivity contribution < 1.29 is 14.6 Å². The van der Waals surface area contributed by atoms with E-state index in [9.17, 15) is 5.11 Å². The Hall–Kier alpha value is -0.120. The molecule has 2 heterocycles. The Labute approximate surface area is 126 Å². The van der Waals surface area contributed by atoms with E-state index in [0.717, 1.165) is 18.8 Å². The van der Waals surface area contributed by atoms with Gasteiger partial charge in [-0.15, -0.1) is 0 Å². The van der Waals surface area contributed by atoms with Crippen LogP contribution in [0.4, 0.5) is 0 Å². The molecule has 4 aliphatic carbocycles. The van der Waals surface area contributed by atoms with Gasteiger partial charge in [-0.25, -0.2) is 0 Å². The molecular formula is C18H26O3. The minimum atomic E-state index is -0.635. The van der Waals surface area contributed by atoms with Crippen molar-refractivity contribution in [3.05, 3.63) is 0 Å². The van der Waals surface area contributed by atoms with Crippen LogP contribution in [-0.4, -0.2) is 34.6 Å². The molecule has 21 heavy (non-hydrogen) atoms. The highest BCUT2D eigenvalue weighted by Gasteiger charge is 2.86. The molecule has 3 heteroatoms. The molecule has 116 valence electrons. The Kier molecular flexibility index (Phi) is 1.81. The van der Waals surface area contributed by atoms with Gasteiger partial charge in [0.15, 0.2) is 0 Å². The molecule has 0 aromatic heterocycles. The standard InChI is InChI=1S/C18H26O3/c1-8-6-10-13(16(10,2)3)14-15-11(20-15)7-9-4-5-12-18(9,21-12)17(8,14)19/h8-15,19H,4-7H2,1-3H3/t8-,9+,10-,11-,12+,13-,14-,15-,17-,18-/m1/s1. The van der Waals surface area contributed by atoms with E-state index in [1.165, 1.54) is 12.8 Å². The number of fused-ring (bicyclic) bond motifs is 5. The molecular weight excluding hydrogens is 264 g/mol. The van der Waals surface area contributed by atoms with Crippen molar-refractivity contribution in [3.63, 3.8) is 0 Å². The first-order chi connectivity index (χ1) is 9.92. The van der Waals surface area contributed by atoms with Gasteiger partial charge in [0.2, 0.25) is 0 Å². The zero-order valence-corrected chi connectivity index (χ0v) is 13.2. The molecule has 1 N–H and O–H groups in total. The fraction of sp³-hybridized carbons (Fsp3) is 1.00. The Morgan fingerprint density at radius 3 is 2.67 bits per heavy atom. The third-order valence-electron chi connectivity index (χ3n) is 8.65. The van der Waals surface area contributed by atoms with Gasteiger partial charge in [-0.3, -0.25) is 0 Å². The van der Waals surface area contributed by atoms with Crippen LogP contribution < -0.4 is 0 Å². The van der Waals surface area contributed by atoms with E-state index < -0.39 is 5.60 Å². The second-order valence-electron chi connectivity index (χ2n) is 9.49. The van der Waals surface area contributed by atoms with E-state index >= 15 is 0 Å². The highest BCUT2D eigenvalue weighted by molar-refractivity contribution is 5.34. The van der Waals surface area contributed by atoms with Crippen LogP contribution in [0.3, 0.4) is 0 Å². The summed E-state index contributed by atoms with van der Waals surface area (Å²) in [7, 11) is 0. The molecule has 0 bridgehead atoms. The van der Waals surface area contributed by atoms with Crippen LogP contribution in [0.15, 0.2) is 0 Å². The number of hydrogen-bond donors (Lipinski definition) is 1. The molecule has 6 rings (SSSR count). The third kappa shape index (κ3) is 1.08. The van der Waals surface area contributed by atoms with Crippen LogP contribution in [-0.2, 0) is 9.47 Å². The van der Waals surface area contributed by atoms with Gasteiger partial charge in [0.05, 0.1) is 18.3 Å². The summed E-state index contributed by atoms with van der Waals surface area (Å²) >= 11 is 0. The highest BCUT2D eigenvalue weighted by Crippen LogP contribution is 2.78. The Bertz CT molecular complexity index is 545. The number of epoxide rings is 2. The largest absolute Gasteiger partial charge is 0.386 e. The maximum atomic E-state index is 12.0. The normalized spacial score (nSPS) is 71.4. The zero-order chi connectivity index (χ0) is 14.4. The second kappa shape index (κ2) is 3.09. The lowest BCUT2D eigenvalue weighted by atomic mass is 9.60. The number of hydrogen-bond acceptors (Lipinski definition) is 3. The lowest BCUT2D eigenvalue weighted by Crippen LogP contribution is -2.61. The average molecular weight is 290 g/mol. The number of aliphatic hydroxyl groups is 1. The SMILES string of the molecule is C[C@@H]1C[C@@H]2[C@H]([C@@H]3[C@@H]4O[C@@H]4C[C@@H]4CC[C@@H]5O[C@]45[C@]31O)C2(C)C. The van der Waals surface area contributed by atoms with E-state index in [-0.39, 0.29) is 5.60 Å². The van der Waals surface area contributed by atoms with Gasteiger partial charge < -0.3 is 14.6 Å². The van der Waals surface area contributed by atoms with Crippen molar-refractivity contribution in [3.8, 4) is 0 Å². The van der Waals surface area contributed by atoms with Crippen LogP contribution in [0.1, 0.15) is 46.5 Å². The molecule has 0 unspecified atom stereocenters. The second-order valence-corrected chi connectivity index (χ2v) is 9.49. The van der Waals surface area contributed by atoms with Crippen LogP contribution in [0.5, 0.6) is 0 Å². The van der Waals surface area contributed by atoms with Crippen molar-refractivity contribution in [2.24, 2.45) is 35.0 Å². The van der Waals surface area contributed by atoms with Crippen molar-refractivity contribution in [1.29, 1.82) is 0 Å². The van der Waals surface area contributed by atoms with Crippen molar-refractivity contribution in [2.45, 2.75) is 76.0 Å². The number of ether oxygens (including phenoxy) is 2. The molecule has 0 radical (unpaired) electrons. The topological polar surface area (TPSA) is 45.3 Å². The minimum absolute atomic E-state index is 0.197. The summed E-state index contributed by atoms with van der Waals surface area (Å²) in [6.45, 7) is 7.08. The fourth-order valence-corrected chi connectivity index (χ4v) is 7.53. The van der Waals surface area contributed by atoms with E-state index in [4.69, 9.17) is 9.47 Å². The van der Waals surface area contributed by atoms with Gasteiger partial charge in [0.1, 0.15) is 11.2 Å². The van der Waals surface area contributed by atoms with Gasteiger partial charge in [0.25, 0.3) is 0 Å². The fourth-order valence-electron chi connectivity index (χ4n) is 7.53. The third-order valence-corrected chi connectivity index (χ3v) is 8.65. The summed E-state index contributed by atoms with van der Waals surface area (Å²) in [6.07, 6.45) is 5.76. The Morgan fingerprint density at radius 2 is 1.90 bits per heavy atom. The predicted octanol–water partition coefficient (Wildman–Crippen LogP) is 2.36. The van der Waals surface area contributed by atoms with Gasteiger partial charge >= 0.3 is 0 Å².